The number of methoxy groups -OCH3 is 1. The molecule has 0 spiro atoms. The summed E-state index contributed by atoms with van der Waals surface area (Å²) in [5, 5.41) is 11.0. The highest BCUT2D eigenvalue weighted by Gasteiger charge is 2.43. The first-order valence-corrected chi connectivity index (χ1v) is 5.57. The molecule has 96 valence electrons. The molecule has 0 saturated heterocycles. The number of ether oxygens (including phenoxy) is 2. The number of rotatable bonds is 4. The third kappa shape index (κ3) is 2.16. The lowest BCUT2D eigenvalue weighted by Crippen LogP contribution is -2.51. The number of hydrogen-bond acceptors (Lipinski definition) is 5. The zero-order valence-corrected chi connectivity index (χ0v) is 10.2. The van der Waals surface area contributed by atoms with Gasteiger partial charge in [0, 0.05) is 19.6 Å². The maximum atomic E-state index is 11.2. The second-order valence-corrected chi connectivity index (χ2v) is 4.24. The fourth-order valence-corrected chi connectivity index (χ4v) is 1.98. The minimum absolute atomic E-state index is 0.0243. The fraction of sp³-hybridized carbons (Fsp3) is 0.364. The van der Waals surface area contributed by atoms with Crippen LogP contribution in [0.1, 0.15) is 6.42 Å². The summed E-state index contributed by atoms with van der Waals surface area (Å²) in [4.78, 5) is 21.5. The molecule has 18 heavy (non-hydrogen) atoms. The van der Waals surface area contributed by atoms with Crippen molar-refractivity contribution in [2.75, 3.05) is 7.11 Å². The summed E-state index contributed by atoms with van der Waals surface area (Å²) >= 11 is 5.87. The molecule has 0 heterocycles. The lowest BCUT2D eigenvalue weighted by atomic mass is 9.90. The van der Waals surface area contributed by atoms with Crippen molar-refractivity contribution < 1.29 is 19.2 Å². The van der Waals surface area contributed by atoms with E-state index in [-0.39, 0.29) is 28.7 Å². The van der Waals surface area contributed by atoms with Crippen LogP contribution >= 0.6 is 11.6 Å². The van der Waals surface area contributed by atoms with Crippen molar-refractivity contribution in [3.05, 3.63) is 33.3 Å². The largest absolute Gasteiger partial charge is 0.479 e. The number of nitro groups is 1. The van der Waals surface area contributed by atoms with Gasteiger partial charge < -0.3 is 9.47 Å². The molecule has 0 amide bonds. The SMILES string of the molecule is COC1C(=O)CC1Oc1c(Cl)cccc1[N+](=O)[O-]. The van der Waals surface area contributed by atoms with Crippen LogP contribution in [0.25, 0.3) is 0 Å². The molecule has 7 heteroatoms. The highest BCUT2D eigenvalue weighted by Crippen LogP contribution is 2.37. The Hall–Kier alpha value is -1.66. The normalized spacial score (nSPS) is 22.4. The summed E-state index contributed by atoms with van der Waals surface area (Å²) in [5.74, 6) is -0.110. The maximum Gasteiger partial charge on any atom is 0.312 e. The van der Waals surface area contributed by atoms with E-state index in [0.29, 0.717) is 0 Å². The van der Waals surface area contributed by atoms with E-state index in [1.165, 1.54) is 25.3 Å². The van der Waals surface area contributed by atoms with Gasteiger partial charge in [0.2, 0.25) is 5.75 Å². The average molecular weight is 272 g/mol. The van der Waals surface area contributed by atoms with Crippen molar-refractivity contribution in [2.45, 2.75) is 18.6 Å². The third-order valence-electron chi connectivity index (χ3n) is 2.72. The highest BCUT2D eigenvalue weighted by molar-refractivity contribution is 6.32. The Morgan fingerprint density at radius 3 is 2.78 bits per heavy atom. The van der Waals surface area contributed by atoms with Gasteiger partial charge in [-0.15, -0.1) is 0 Å². The molecule has 1 aliphatic carbocycles. The van der Waals surface area contributed by atoms with Gasteiger partial charge in [-0.05, 0) is 6.07 Å². The molecule has 0 aliphatic heterocycles. The van der Waals surface area contributed by atoms with Crippen LogP contribution in [-0.2, 0) is 9.53 Å². The van der Waals surface area contributed by atoms with E-state index >= 15 is 0 Å². The van der Waals surface area contributed by atoms with Crippen LogP contribution in [0.2, 0.25) is 5.02 Å². The van der Waals surface area contributed by atoms with Gasteiger partial charge in [0.15, 0.2) is 11.9 Å². The minimum Gasteiger partial charge on any atom is -0.479 e. The van der Waals surface area contributed by atoms with Crippen molar-refractivity contribution in [3.8, 4) is 5.75 Å². The lowest BCUT2D eigenvalue weighted by molar-refractivity contribution is -0.386. The maximum absolute atomic E-state index is 11.2. The quantitative estimate of drug-likeness (QED) is 0.618. The highest BCUT2D eigenvalue weighted by atomic mass is 35.5. The van der Waals surface area contributed by atoms with Crippen LogP contribution in [0.4, 0.5) is 5.69 Å². The first-order valence-electron chi connectivity index (χ1n) is 5.19. The molecule has 1 fully saturated rings. The molecule has 1 aliphatic rings. The number of carbonyl (C=O) groups excluding carboxylic acids is 1. The van der Waals surface area contributed by atoms with Gasteiger partial charge in [-0.1, -0.05) is 17.7 Å². The Morgan fingerprint density at radius 2 is 2.22 bits per heavy atom. The molecular formula is C11H10ClNO5. The number of nitro benzene ring substituents is 1. The Labute approximate surface area is 108 Å². The smallest absolute Gasteiger partial charge is 0.312 e. The topological polar surface area (TPSA) is 78.7 Å². The van der Waals surface area contributed by atoms with Gasteiger partial charge in [-0.25, -0.2) is 0 Å². The molecule has 1 aromatic rings. The first kappa shape index (κ1) is 12.8. The zero-order valence-electron chi connectivity index (χ0n) is 9.46. The molecule has 2 rings (SSSR count). The standard InChI is InChI=1S/C11H10ClNO5/c1-17-11-8(14)5-9(11)18-10-6(12)3-2-4-7(10)13(15)16/h2-4,9,11H,5H2,1H3. The summed E-state index contributed by atoms with van der Waals surface area (Å²) in [7, 11) is 1.39. The summed E-state index contributed by atoms with van der Waals surface area (Å²) in [6.07, 6.45) is -1.04. The fourth-order valence-electron chi connectivity index (χ4n) is 1.76. The predicted molar refractivity (Wildman–Crippen MR) is 62.9 cm³/mol. The van der Waals surface area contributed by atoms with Gasteiger partial charge in [0.25, 0.3) is 0 Å². The Balaban J connectivity index is 2.24. The van der Waals surface area contributed by atoms with Crippen LogP contribution in [0, 0.1) is 10.1 Å². The van der Waals surface area contributed by atoms with Crippen LogP contribution in [-0.4, -0.2) is 30.0 Å². The van der Waals surface area contributed by atoms with Crippen molar-refractivity contribution in [1.29, 1.82) is 0 Å². The van der Waals surface area contributed by atoms with E-state index in [9.17, 15) is 14.9 Å². The molecule has 0 radical (unpaired) electrons. The van der Waals surface area contributed by atoms with Gasteiger partial charge in [-0.2, -0.15) is 0 Å². The van der Waals surface area contributed by atoms with Gasteiger partial charge in [0.05, 0.1) is 9.95 Å². The monoisotopic (exact) mass is 271 g/mol. The molecule has 0 aromatic heterocycles. The molecule has 2 atom stereocenters. The summed E-state index contributed by atoms with van der Waals surface area (Å²) in [6.45, 7) is 0. The second kappa shape index (κ2) is 4.91. The minimum atomic E-state index is -0.680. The van der Waals surface area contributed by atoms with E-state index in [1.807, 2.05) is 0 Å². The van der Waals surface area contributed by atoms with Crippen LogP contribution in [0.5, 0.6) is 5.75 Å². The van der Waals surface area contributed by atoms with Gasteiger partial charge >= 0.3 is 5.69 Å². The van der Waals surface area contributed by atoms with Gasteiger partial charge in [-0.3, -0.25) is 14.9 Å². The van der Waals surface area contributed by atoms with E-state index in [4.69, 9.17) is 21.1 Å². The zero-order chi connectivity index (χ0) is 13.3. The first-order chi connectivity index (χ1) is 8.54. The van der Waals surface area contributed by atoms with E-state index in [1.54, 1.807) is 0 Å². The summed E-state index contributed by atoms with van der Waals surface area (Å²) in [5.41, 5.74) is -0.225. The number of halogens is 1. The summed E-state index contributed by atoms with van der Waals surface area (Å²) < 4.78 is 10.4. The van der Waals surface area contributed by atoms with Crippen molar-refractivity contribution in [3.63, 3.8) is 0 Å². The van der Waals surface area contributed by atoms with Crippen LogP contribution in [0.3, 0.4) is 0 Å². The number of nitrogens with zero attached hydrogens (tertiary/aromatic N) is 1. The predicted octanol–water partition coefficient (Wildman–Crippen LogP) is 1.98. The van der Waals surface area contributed by atoms with Crippen molar-refractivity contribution >= 4 is 23.1 Å². The average Bonchev–Trinajstić information content (AvgIpc) is 2.30. The van der Waals surface area contributed by atoms with E-state index in [0.717, 1.165) is 0 Å². The number of benzene rings is 1. The Morgan fingerprint density at radius 1 is 1.50 bits per heavy atom. The Kier molecular flexibility index (Phi) is 3.49. The number of Topliss-reactive ketones (excluding diaryl/α,β-unsaturated/α-hetero) is 1. The third-order valence-corrected chi connectivity index (χ3v) is 3.02. The number of carbonyl (C=O) groups is 1. The van der Waals surface area contributed by atoms with Crippen LogP contribution in [0.15, 0.2) is 18.2 Å². The van der Waals surface area contributed by atoms with Crippen LogP contribution < -0.4 is 4.74 Å². The molecule has 0 bridgehead atoms. The molecule has 0 N–H and O–H groups in total. The Bertz CT molecular complexity index is 504. The van der Waals surface area contributed by atoms with E-state index < -0.39 is 17.1 Å². The van der Waals surface area contributed by atoms with Crippen molar-refractivity contribution in [1.82, 2.24) is 0 Å². The number of para-hydroxylation sites is 1. The molecule has 6 nitrogen and oxygen atoms in total. The second-order valence-electron chi connectivity index (χ2n) is 3.83. The van der Waals surface area contributed by atoms with Gasteiger partial charge in [0.1, 0.15) is 6.10 Å². The number of ketones is 1. The summed E-state index contributed by atoms with van der Waals surface area (Å²) in [6, 6.07) is 4.25. The molecule has 1 saturated carbocycles. The van der Waals surface area contributed by atoms with Crippen molar-refractivity contribution in [2.24, 2.45) is 0 Å². The lowest BCUT2D eigenvalue weighted by Gasteiger charge is -2.33. The molecule has 1 aromatic carbocycles. The molecular weight excluding hydrogens is 262 g/mol. The number of hydrogen-bond donors (Lipinski definition) is 0. The molecule has 2 unspecified atom stereocenters. The van der Waals surface area contributed by atoms with E-state index in [2.05, 4.69) is 0 Å².